The van der Waals surface area contributed by atoms with E-state index in [9.17, 15) is 4.79 Å². The molecule has 1 N–H and O–H groups in total. The molecule has 1 aliphatic carbocycles. The summed E-state index contributed by atoms with van der Waals surface area (Å²) in [7, 11) is 1.86. The van der Waals surface area contributed by atoms with E-state index in [4.69, 9.17) is 5.11 Å². The Morgan fingerprint density at radius 1 is 1.64 bits per heavy atom. The van der Waals surface area contributed by atoms with E-state index >= 15 is 0 Å². The van der Waals surface area contributed by atoms with Crippen molar-refractivity contribution in [3.05, 3.63) is 0 Å². The first-order chi connectivity index (χ1) is 6.50. The summed E-state index contributed by atoms with van der Waals surface area (Å²) < 4.78 is 0. The second-order valence-corrected chi connectivity index (χ2v) is 4.64. The van der Waals surface area contributed by atoms with Crippen molar-refractivity contribution in [2.24, 2.45) is 11.8 Å². The predicted molar refractivity (Wildman–Crippen MR) is 55.8 cm³/mol. The van der Waals surface area contributed by atoms with Crippen LogP contribution in [-0.2, 0) is 4.79 Å². The highest BCUT2D eigenvalue weighted by molar-refractivity contribution is 5.75. The Hall–Kier alpha value is -0.570. The summed E-state index contributed by atoms with van der Waals surface area (Å²) in [4.78, 5) is 13.3. The van der Waals surface area contributed by atoms with Gasteiger partial charge in [0.2, 0.25) is 5.91 Å². The molecule has 1 aliphatic rings. The van der Waals surface area contributed by atoms with E-state index in [-0.39, 0.29) is 12.0 Å². The molecule has 3 unspecified atom stereocenters. The molecule has 0 aromatic carbocycles. The zero-order chi connectivity index (χ0) is 10.7. The van der Waals surface area contributed by atoms with Gasteiger partial charge in [-0.15, -0.1) is 0 Å². The molecule has 3 heteroatoms. The van der Waals surface area contributed by atoms with Crippen molar-refractivity contribution in [1.82, 2.24) is 4.90 Å². The van der Waals surface area contributed by atoms with Crippen molar-refractivity contribution in [2.75, 3.05) is 13.6 Å². The van der Waals surface area contributed by atoms with E-state index in [1.54, 1.807) is 11.8 Å². The Labute approximate surface area is 86.1 Å². The highest BCUT2D eigenvalue weighted by Gasteiger charge is 2.33. The van der Waals surface area contributed by atoms with E-state index in [1.165, 1.54) is 6.42 Å². The minimum Gasteiger partial charge on any atom is -0.393 e. The minimum absolute atomic E-state index is 0.157. The van der Waals surface area contributed by atoms with E-state index in [0.717, 1.165) is 18.4 Å². The van der Waals surface area contributed by atoms with Crippen LogP contribution in [0.3, 0.4) is 0 Å². The second kappa shape index (κ2) is 4.78. The minimum atomic E-state index is -0.368. The van der Waals surface area contributed by atoms with Crippen LogP contribution in [-0.4, -0.2) is 35.6 Å². The molecule has 1 amide bonds. The first-order valence-corrected chi connectivity index (χ1v) is 5.42. The summed E-state index contributed by atoms with van der Waals surface area (Å²) in [5.74, 6) is 1.67. The van der Waals surface area contributed by atoms with Crippen molar-refractivity contribution in [3.8, 4) is 0 Å². The van der Waals surface area contributed by atoms with Gasteiger partial charge in [-0.2, -0.15) is 0 Å². The lowest BCUT2D eigenvalue weighted by Gasteiger charge is -2.17. The van der Waals surface area contributed by atoms with Crippen LogP contribution in [0.5, 0.6) is 0 Å². The summed E-state index contributed by atoms with van der Waals surface area (Å²) in [5, 5.41) is 9.05. The summed E-state index contributed by atoms with van der Waals surface area (Å²) in [6.45, 7) is 4.83. The van der Waals surface area contributed by atoms with Gasteiger partial charge >= 0.3 is 0 Å². The maximum atomic E-state index is 11.5. The lowest BCUT2D eigenvalue weighted by molar-refractivity contribution is -0.130. The average molecular weight is 199 g/mol. The first kappa shape index (κ1) is 11.5. The molecule has 0 heterocycles. The van der Waals surface area contributed by atoms with Gasteiger partial charge in [0, 0.05) is 20.0 Å². The maximum Gasteiger partial charge on any atom is 0.222 e. The zero-order valence-electron chi connectivity index (χ0n) is 9.36. The van der Waals surface area contributed by atoms with Crippen LogP contribution in [0.15, 0.2) is 0 Å². The molecule has 3 atom stereocenters. The third-order valence-corrected chi connectivity index (χ3v) is 2.99. The number of hydrogen-bond acceptors (Lipinski definition) is 2. The van der Waals surface area contributed by atoms with Gasteiger partial charge in [-0.1, -0.05) is 6.92 Å². The fourth-order valence-corrected chi connectivity index (χ4v) is 1.63. The Morgan fingerprint density at radius 3 is 2.64 bits per heavy atom. The van der Waals surface area contributed by atoms with Gasteiger partial charge < -0.3 is 10.0 Å². The molecule has 1 saturated carbocycles. The molecule has 0 spiro atoms. The number of rotatable bonds is 5. The molecule has 0 aromatic rings. The molecule has 0 saturated heterocycles. The average Bonchev–Trinajstić information content (AvgIpc) is 2.77. The van der Waals surface area contributed by atoms with Crippen molar-refractivity contribution in [1.29, 1.82) is 0 Å². The Balaban J connectivity index is 2.16. The standard InChI is InChI=1S/C11H21NO2/c1-8-6-10(8)7-12(3)11(14)5-4-9(2)13/h8-10,13H,4-7H2,1-3H3. The van der Waals surface area contributed by atoms with E-state index in [1.807, 2.05) is 7.05 Å². The maximum absolute atomic E-state index is 11.5. The first-order valence-electron chi connectivity index (χ1n) is 5.42. The molecular formula is C11H21NO2. The Kier molecular flexibility index (Phi) is 3.93. The molecule has 0 aliphatic heterocycles. The molecule has 82 valence electrons. The number of carbonyl (C=O) groups excluding carboxylic acids is 1. The van der Waals surface area contributed by atoms with E-state index in [0.29, 0.717) is 12.8 Å². The predicted octanol–water partition coefficient (Wildman–Crippen LogP) is 1.26. The highest BCUT2D eigenvalue weighted by atomic mass is 16.3. The van der Waals surface area contributed by atoms with E-state index in [2.05, 4.69) is 6.92 Å². The monoisotopic (exact) mass is 199 g/mol. The number of aliphatic hydroxyl groups excluding tert-OH is 1. The van der Waals surface area contributed by atoms with Gasteiger partial charge in [0.05, 0.1) is 6.10 Å². The molecular weight excluding hydrogens is 178 g/mol. The second-order valence-electron chi connectivity index (χ2n) is 4.64. The van der Waals surface area contributed by atoms with E-state index < -0.39 is 0 Å². The van der Waals surface area contributed by atoms with Crippen LogP contribution >= 0.6 is 0 Å². The molecule has 14 heavy (non-hydrogen) atoms. The molecule has 0 aromatic heterocycles. The Morgan fingerprint density at radius 2 is 2.21 bits per heavy atom. The number of amides is 1. The van der Waals surface area contributed by atoms with Gasteiger partial charge in [-0.05, 0) is 31.6 Å². The van der Waals surface area contributed by atoms with Crippen LogP contribution in [0.25, 0.3) is 0 Å². The fraction of sp³-hybridized carbons (Fsp3) is 0.909. The van der Waals surface area contributed by atoms with Crippen molar-refractivity contribution in [2.45, 2.75) is 39.2 Å². The lowest BCUT2D eigenvalue weighted by Crippen LogP contribution is -2.29. The summed E-state index contributed by atoms with van der Waals surface area (Å²) in [6, 6.07) is 0. The molecule has 1 rings (SSSR count). The Bertz CT molecular complexity index is 203. The normalized spacial score (nSPS) is 27.1. The molecule has 0 bridgehead atoms. The van der Waals surface area contributed by atoms with Gasteiger partial charge in [0.15, 0.2) is 0 Å². The summed E-state index contributed by atoms with van der Waals surface area (Å²) >= 11 is 0. The van der Waals surface area contributed by atoms with Crippen LogP contribution in [0.1, 0.15) is 33.1 Å². The fourth-order valence-electron chi connectivity index (χ4n) is 1.63. The van der Waals surface area contributed by atoms with Crippen LogP contribution in [0.2, 0.25) is 0 Å². The third kappa shape index (κ3) is 3.66. The SMILES string of the molecule is CC(O)CCC(=O)N(C)CC1CC1C. The van der Waals surface area contributed by atoms with Gasteiger partial charge in [0.25, 0.3) is 0 Å². The van der Waals surface area contributed by atoms with Gasteiger partial charge in [0.1, 0.15) is 0 Å². The van der Waals surface area contributed by atoms with Crippen molar-refractivity contribution >= 4 is 5.91 Å². The quantitative estimate of drug-likeness (QED) is 0.724. The molecule has 1 fully saturated rings. The number of aliphatic hydroxyl groups is 1. The highest BCUT2D eigenvalue weighted by Crippen LogP contribution is 2.37. The largest absolute Gasteiger partial charge is 0.393 e. The lowest BCUT2D eigenvalue weighted by atomic mass is 10.2. The van der Waals surface area contributed by atoms with Crippen molar-refractivity contribution in [3.63, 3.8) is 0 Å². The zero-order valence-corrected chi connectivity index (χ0v) is 9.36. The number of carbonyl (C=O) groups is 1. The third-order valence-electron chi connectivity index (χ3n) is 2.99. The van der Waals surface area contributed by atoms with Crippen LogP contribution in [0.4, 0.5) is 0 Å². The topological polar surface area (TPSA) is 40.5 Å². The molecule has 0 radical (unpaired) electrons. The summed E-state index contributed by atoms with van der Waals surface area (Å²) in [5.41, 5.74) is 0. The summed E-state index contributed by atoms with van der Waals surface area (Å²) in [6.07, 6.45) is 1.93. The number of nitrogens with zero attached hydrogens (tertiary/aromatic N) is 1. The van der Waals surface area contributed by atoms with Crippen molar-refractivity contribution < 1.29 is 9.90 Å². The molecule has 3 nitrogen and oxygen atoms in total. The smallest absolute Gasteiger partial charge is 0.222 e. The number of hydrogen-bond donors (Lipinski definition) is 1. The van der Waals surface area contributed by atoms with Crippen LogP contribution in [0, 0.1) is 11.8 Å². The van der Waals surface area contributed by atoms with Gasteiger partial charge in [-0.3, -0.25) is 4.79 Å². The van der Waals surface area contributed by atoms with Gasteiger partial charge in [-0.25, -0.2) is 0 Å². The van der Waals surface area contributed by atoms with Crippen LogP contribution < -0.4 is 0 Å².